The molecule has 0 aromatic heterocycles. The highest BCUT2D eigenvalue weighted by molar-refractivity contribution is 5.44. The van der Waals surface area contributed by atoms with Crippen molar-refractivity contribution in [2.24, 2.45) is 5.73 Å². The molecule has 0 saturated carbocycles. The van der Waals surface area contributed by atoms with E-state index in [1.165, 1.54) is 18.2 Å². The molecule has 0 aliphatic heterocycles. The van der Waals surface area contributed by atoms with Gasteiger partial charge in [0.25, 0.3) is 0 Å². The predicted molar refractivity (Wildman–Crippen MR) is 72.0 cm³/mol. The minimum absolute atomic E-state index is 0.155. The fourth-order valence-corrected chi connectivity index (χ4v) is 2.05. The maximum Gasteiger partial charge on any atom is 0.573 e. The number of ether oxygens (including phenoxy) is 1. The van der Waals surface area contributed by atoms with Crippen LogP contribution in [0.5, 0.6) is 11.5 Å². The summed E-state index contributed by atoms with van der Waals surface area (Å²) in [5, 5.41) is 9.73. The summed E-state index contributed by atoms with van der Waals surface area (Å²) in [6.07, 6.45) is -4.78. The minimum Gasteiger partial charge on any atom is -0.505 e. The number of nitrogens with two attached hydrogens (primary N) is 1. The molecule has 0 unspecified atom stereocenters. The molecule has 118 valence electrons. The molecule has 0 aliphatic carbocycles. The molecule has 0 saturated heterocycles. The van der Waals surface area contributed by atoms with Gasteiger partial charge in [0.1, 0.15) is 5.75 Å². The zero-order valence-electron chi connectivity index (χ0n) is 11.5. The summed E-state index contributed by atoms with van der Waals surface area (Å²) in [5.41, 5.74) is 7.08. The molecule has 22 heavy (non-hydrogen) atoms. The van der Waals surface area contributed by atoms with Crippen molar-refractivity contribution in [2.75, 3.05) is 0 Å². The molecule has 7 heteroatoms. The van der Waals surface area contributed by atoms with Crippen LogP contribution in [0.2, 0.25) is 0 Å². The molecule has 0 radical (unpaired) electrons. The second-order valence-corrected chi connectivity index (χ2v) is 4.78. The fourth-order valence-electron chi connectivity index (χ4n) is 2.05. The topological polar surface area (TPSA) is 55.5 Å². The third-order valence-electron chi connectivity index (χ3n) is 3.05. The van der Waals surface area contributed by atoms with Crippen molar-refractivity contribution in [3.63, 3.8) is 0 Å². The van der Waals surface area contributed by atoms with Crippen molar-refractivity contribution in [3.05, 3.63) is 58.9 Å². The molecule has 0 aliphatic rings. The highest BCUT2D eigenvalue weighted by Crippen LogP contribution is 2.32. The normalized spacial score (nSPS) is 13.0. The van der Waals surface area contributed by atoms with E-state index < -0.39 is 24.0 Å². The van der Waals surface area contributed by atoms with Crippen LogP contribution in [0.1, 0.15) is 22.7 Å². The molecular formula is C15H13F4NO2. The maximum atomic E-state index is 13.5. The van der Waals surface area contributed by atoms with Crippen molar-refractivity contribution in [1.82, 2.24) is 0 Å². The number of aromatic hydroxyl groups is 1. The van der Waals surface area contributed by atoms with Gasteiger partial charge in [-0.05, 0) is 36.2 Å². The third-order valence-corrected chi connectivity index (χ3v) is 3.05. The number of halogens is 4. The van der Waals surface area contributed by atoms with E-state index in [-0.39, 0.29) is 11.3 Å². The van der Waals surface area contributed by atoms with Crippen LogP contribution < -0.4 is 10.5 Å². The molecule has 2 rings (SSSR count). The average molecular weight is 315 g/mol. The molecule has 2 aromatic carbocycles. The van der Waals surface area contributed by atoms with Gasteiger partial charge in [0.05, 0.1) is 6.04 Å². The zero-order chi connectivity index (χ0) is 16.5. The van der Waals surface area contributed by atoms with Crippen molar-refractivity contribution in [3.8, 4) is 11.5 Å². The highest BCUT2D eigenvalue weighted by Gasteiger charge is 2.31. The number of phenols is 1. The maximum absolute atomic E-state index is 13.5. The van der Waals surface area contributed by atoms with Gasteiger partial charge < -0.3 is 15.6 Å². The van der Waals surface area contributed by atoms with Gasteiger partial charge in [-0.2, -0.15) is 0 Å². The Morgan fingerprint density at radius 3 is 2.27 bits per heavy atom. The fraction of sp³-hybridized carbons (Fsp3) is 0.200. The van der Waals surface area contributed by atoms with Gasteiger partial charge in [0.2, 0.25) is 0 Å². The van der Waals surface area contributed by atoms with Crippen LogP contribution in [0.3, 0.4) is 0 Å². The molecule has 0 bridgehead atoms. The first-order chi connectivity index (χ1) is 10.2. The monoisotopic (exact) mass is 315 g/mol. The van der Waals surface area contributed by atoms with Crippen LogP contribution in [0.25, 0.3) is 0 Å². The molecule has 0 amide bonds. The van der Waals surface area contributed by atoms with Crippen LogP contribution >= 0.6 is 0 Å². The van der Waals surface area contributed by atoms with E-state index in [1.807, 2.05) is 0 Å². The summed E-state index contributed by atoms with van der Waals surface area (Å²) < 4.78 is 53.5. The van der Waals surface area contributed by atoms with Crippen molar-refractivity contribution < 1.29 is 27.4 Å². The first kappa shape index (κ1) is 16.1. The van der Waals surface area contributed by atoms with Crippen LogP contribution in [-0.2, 0) is 0 Å². The second kappa shape index (κ2) is 5.84. The molecule has 3 nitrogen and oxygen atoms in total. The zero-order valence-corrected chi connectivity index (χ0v) is 11.5. The van der Waals surface area contributed by atoms with Gasteiger partial charge in [-0.15, -0.1) is 13.2 Å². The predicted octanol–water partition coefficient (Wildman–Crippen LogP) is 3.79. The molecule has 0 heterocycles. The molecule has 2 aromatic rings. The van der Waals surface area contributed by atoms with E-state index in [0.717, 1.165) is 18.2 Å². The van der Waals surface area contributed by atoms with E-state index in [1.54, 1.807) is 6.92 Å². The van der Waals surface area contributed by atoms with E-state index in [2.05, 4.69) is 4.74 Å². The summed E-state index contributed by atoms with van der Waals surface area (Å²) in [4.78, 5) is 0. The first-order valence-electron chi connectivity index (χ1n) is 6.27. The summed E-state index contributed by atoms with van der Waals surface area (Å²) in [7, 11) is 0. The van der Waals surface area contributed by atoms with E-state index in [9.17, 15) is 22.7 Å². The molecule has 3 N–H and O–H groups in total. The summed E-state index contributed by atoms with van der Waals surface area (Å²) in [5.74, 6) is -1.76. The van der Waals surface area contributed by atoms with Crippen molar-refractivity contribution in [2.45, 2.75) is 19.3 Å². The van der Waals surface area contributed by atoms with Crippen LogP contribution in [0.4, 0.5) is 17.6 Å². The average Bonchev–Trinajstić information content (AvgIpc) is 2.41. The molecule has 0 spiro atoms. The lowest BCUT2D eigenvalue weighted by Crippen LogP contribution is -2.17. The quantitative estimate of drug-likeness (QED) is 0.847. The number of hydrogen-bond acceptors (Lipinski definition) is 3. The number of alkyl halides is 3. The third kappa shape index (κ3) is 3.67. The Morgan fingerprint density at radius 2 is 1.73 bits per heavy atom. The standard InChI is InChI=1S/C15H13F4NO2/c1-8-6-11(14(21)12(16)7-8)13(20)9-2-4-10(5-3-9)22-15(17,18)19/h2-7,13,21H,20H2,1H3/t13-/m1/s1. The highest BCUT2D eigenvalue weighted by atomic mass is 19.4. The van der Waals surface area contributed by atoms with E-state index >= 15 is 0 Å². The van der Waals surface area contributed by atoms with Crippen LogP contribution in [0.15, 0.2) is 36.4 Å². The summed E-state index contributed by atoms with van der Waals surface area (Å²) in [6.45, 7) is 1.64. The van der Waals surface area contributed by atoms with Gasteiger partial charge in [-0.3, -0.25) is 0 Å². The minimum atomic E-state index is -4.78. The second-order valence-electron chi connectivity index (χ2n) is 4.78. The largest absolute Gasteiger partial charge is 0.573 e. The number of hydrogen-bond donors (Lipinski definition) is 2. The van der Waals surface area contributed by atoms with E-state index in [4.69, 9.17) is 5.73 Å². The number of aryl methyl sites for hydroxylation is 1. The Balaban J connectivity index is 2.29. The number of phenolic OH excluding ortho intramolecular Hbond substituents is 1. The van der Waals surface area contributed by atoms with Gasteiger partial charge in [0.15, 0.2) is 11.6 Å². The Bertz CT molecular complexity index is 668. The lowest BCUT2D eigenvalue weighted by Gasteiger charge is -2.16. The Kier molecular flexibility index (Phi) is 4.27. The Labute approximate surface area is 123 Å². The molecule has 0 fully saturated rings. The Morgan fingerprint density at radius 1 is 1.14 bits per heavy atom. The van der Waals surface area contributed by atoms with Crippen LogP contribution in [0, 0.1) is 12.7 Å². The molecule has 1 atom stereocenters. The van der Waals surface area contributed by atoms with Crippen molar-refractivity contribution in [1.29, 1.82) is 0 Å². The van der Waals surface area contributed by atoms with Gasteiger partial charge in [0, 0.05) is 5.56 Å². The SMILES string of the molecule is Cc1cc(F)c(O)c([C@H](N)c2ccc(OC(F)(F)F)cc2)c1. The van der Waals surface area contributed by atoms with Crippen molar-refractivity contribution >= 4 is 0 Å². The summed E-state index contributed by atoms with van der Waals surface area (Å²) in [6, 6.07) is 6.65. The number of rotatable bonds is 3. The van der Waals surface area contributed by atoms with Gasteiger partial charge >= 0.3 is 6.36 Å². The van der Waals surface area contributed by atoms with Gasteiger partial charge in [-0.25, -0.2) is 4.39 Å². The first-order valence-corrected chi connectivity index (χ1v) is 6.27. The van der Waals surface area contributed by atoms with Crippen LogP contribution in [-0.4, -0.2) is 11.5 Å². The lowest BCUT2D eigenvalue weighted by molar-refractivity contribution is -0.274. The molecular weight excluding hydrogens is 302 g/mol. The smallest absolute Gasteiger partial charge is 0.505 e. The van der Waals surface area contributed by atoms with E-state index in [0.29, 0.717) is 11.1 Å². The Hall–Kier alpha value is -2.28. The van der Waals surface area contributed by atoms with Gasteiger partial charge in [-0.1, -0.05) is 18.2 Å². The summed E-state index contributed by atoms with van der Waals surface area (Å²) >= 11 is 0. The lowest BCUT2D eigenvalue weighted by atomic mass is 9.97. The number of benzene rings is 2.